The Morgan fingerprint density at radius 2 is 1.85 bits per heavy atom. The van der Waals surface area contributed by atoms with E-state index in [1.165, 1.54) is 17.3 Å². The largest absolute Gasteiger partial charge is 0.304 e. The highest BCUT2D eigenvalue weighted by atomic mass is 32.1. The number of rotatable bonds is 2. The van der Waals surface area contributed by atoms with Gasteiger partial charge in [0.25, 0.3) is 0 Å². The fourth-order valence-electron chi connectivity index (χ4n) is 2.65. The van der Waals surface area contributed by atoms with Gasteiger partial charge in [-0.15, -0.1) is 11.3 Å². The van der Waals surface area contributed by atoms with E-state index in [1.807, 2.05) is 12.1 Å². The van der Waals surface area contributed by atoms with Crippen molar-refractivity contribution in [3.05, 3.63) is 77.1 Å². The lowest BCUT2D eigenvalue weighted by molar-refractivity contribution is 0.629. The molecule has 0 N–H and O–H groups in total. The summed E-state index contributed by atoms with van der Waals surface area (Å²) >= 11 is 1.71. The van der Waals surface area contributed by atoms with E-state index in [4.69, 9.17) is 0 Å². The Bertz CT molecular complexity index is 889. The molecule has 0 spiro atoms. The Hall–Kier alpha value is -2.13. The van der Waals surface area contributed by atoms with Crippen LogP contribution in [0.3, 0.4) is 0 Å². The Morgan fingerprint density at radius 1 is 1.00 bits per heavy atom. The minimum Gasteiger partial charge on any atom is -0.304 e. The lowest BCUT2D eigenvalue weighted by Gasteiger charge is -2.02. The summed E-state index contributed by atoms with van der Waals surface area (Å²) in [5.41, 5.74) is 3.61. The summed E-state index contributed by atoms with van der Waals surface area (Å²) in [5.74, 6) is -0.180. The van der Waals surface area contributed by atoms with E-state index in [2.05, 4.69) is 40.1 Å². The molecular formula is C17H12FNS. The molecule has 0 bridgehead atoms. The van der Waals surface area contributed by atoms with Crippen LogP contribution in [0.25, 0.3) is 15.7 Å². The van der Waals surface area contributed by atoms with Crippen molar-refractivity contribution in [2.24, 2.45) is 0 Å². The summed E-state index contributed by atoms with van der Waals surface area (Å²) in [6.45, 7) is 0. The highest BCUT2D eigenvalue weighted by Crippen LogP contribution is 2.28. The van der Waals surface area contributed by atoms with Crippen LogP contribution in [-0.4, -0.2) is 4.40 Å². The molecule has 0 aliphatic rings. The van der Waals surface area contributed by atoms with Crippen molar-refractivity contribution in [1.82, 2.24) is 4.40 Å². The van der Waals surface area contributed by atoms with Gasteiger partial charge in [-0.05, 0) is 29.8 Å². The van der Waals surface area contributed by atoms with Gasteiger partial charge in [0, 0.05) is 22.9 Å². The monoisotopic (exact) mass is 281 g/mol. The van der Waals surface area contributed by atoms with Crippen LogP contribution in [0, 0.1) is 5.82 Å². The number of hydrogen-bond donors (Lipinski definition) is 0. The molecule has 1 nitrogen and oxygen atoms in total. The minimum absolute atomic E-state index is 0.180. The molecule has 0 atom stereocenters. The number of hydrogen-bond acceptors (Lipinski definition) is 1. The number of fused-ring (bicyclic) bond motifs is 3. The third-order valence-electron chi connectivity index (χ3n) is 3.56. The number of aromatic nitrogens is 1. The maximum atomic E-state index is 13.3. The second-order valence-corrected chi connectivity index (χ2v) is 5.80. The third-order valence-corrected chi connectivity index (χ3v) is 4.49. The average molecular weight is 281 g/mol. The van der Waals surface area contributed by atoms with Gasteiger partial charge in [-0.25, -0.2) is 4.39 Å². The first kappa shape index (κ1) is 11.7. The van der Waals surface area contributed by atoms with Crippen LogP contribution < -0.4 is 0 Å². The zero-order chi connectivity index (χ0) is 13.5. The molecule has 0 saturated heterocycles. The van der Waals surface area contributed by atoms with E-state index >= 15 is 0 Å². The zero-order valence-electron chi connectivity index (χ0n) is 10.7. The standard InChI is InChI=1S/C17H12FNS/c18-14-6-7-16-13(9-14)10-17-19(16)15(11-20-17)8-12-4-2-1-3-5-12/h1-7,9-11H,8H2. The molecule has 4 rings (SSSR count). The fraction of sp³-hybridized carbons (Fsp3) is 0.0588. The van der Waals surface area contributed by atoms with Gasteiger partial charge in [0.1, 0.15) is 10.6 Å². The predicted octanol–water partition coefficient (Wildman–Crippen LogP) is 4.88. The molecule has 4 aromatic rings. The molecule has 2 heterocycles. The van der Waals surface area contributed by atoms with Crippen LogP contribution in [0.2, 0.25) is 0 Å². The molecule has 0 aliphatic carbocycles. The van der Waals surface area contributed by atoms with Gasteiger partial charge < -0.3 is 4.40 Å². The summed E-state index contributed by atoms with van der Waals surface area (Å²) in [6.07, 6.45) is 0.891. The number of nitrogens with zero attached hydrogens (tertiary/aromatic N) is 1. The summed E-state index contributed by atoms with van der Waals surface area (Å²) in [4.78, 5) is 1.16. The molecule has 20 heavy (non-hydrogen) atoms. The van der Waals surface area contributed by atoms with E-state index in [1.54, 1.807) is 17.4 Å². The van der Waals surface area contributed by atoms with Crippen molar-refractivity contribution < 1.29 is 4.39 Å². The second kappa shape index (κ2) is 4.46. The Morgan fingerprint density at radius 3 is 2.70 bits per heavy atom. The predicted molar refractivity (Wildman–Crippen MR) is 82.0 cm³/mol. The lowest BCUT2D eigenvalue weighted by atomic mass is 10.1. The third kappa shape index (κ3) is 1.82. The summed E-state index contributed by atoms with van der Waals surface area (Å²) in [7, 11) is 0. The summed E-state index contributed by atoms with van der Waals surface area (Å²) in [6, 6.07) is 17.4. The molecule has 0 saturated carbocycles. The quantitative estimate of drug-likeness (QED) is 0.493. The Kier molecular flexibility index (Phi) is 2.60. The normalized spacial score (nSPS) is 11.4. The lowest BCUT2D eigenvalue weighted by Crippen LogP contribution is -1.93. The second-order valence-electron chi connectivity index (χ2n) is 4.91. The summed E-state index contributed by atoms with van der Waals surface area (Å²) in [5, 5.41) is 3.15. The van der Waals surface area contributed by atoms with Gasteiger partial charge in [-0.3, -0.25) is 0 Å². The van der Waals surface area contributed by atoms with Crippen LogP contribution >= 0.6 is 11.3 Å². The van der Waals surface area contributed by atoms with Crippen molar-refractivity contribution in [2.75, 3.05) is 0 Å². The smallest absolute Gasteiger partial charge is 0.123 e. The molecule has 2 aromatic carbocycles. The van der Waals surface area contributed by atoms with Crippen LogP contribution in [0.15, 0.2) is 60.0 Å². The first-order valence-electron chi connectivity index (χ1n) is 6.52. The van der Waals surface area contributed by atoms with Crippen molar-refractivity contribution in [3.8, 4) is 0 Å². The molecule has 3 heteroatoms. The van der Waals surface area contributed by atoms with E-state index in [9.17, 15) is 4.39 Å². The van der Waals surface area contributed by atoms with Crippen LogP contribution in [-0.2, 0) is 6.42 Å². The first-order valence-corrected chi connectivity index (χ1v) is 7.40. The summed E-state index contributed by atoms with van der Waals surface area (Å²) < 4.78 is 15.5. The van der Waals surface area contributed by atoms with Crippen LogP contribution in [0.5, 0.6) is 0 Å². The molecule has 2 aromatic heterocycles. The highest BCUT2D eigenvalue weighted by Gasteiger charge is 2.10. The van der Waals surface area contributed by atoms with Gasteiger partial charge in [0.2, 0.25) is 0 Å². The molecule has 0 fully saturated rings. The molecule has 98 valence electrons. The van der Waals surface area contributed by atoms with Crippen molar-refractivity contribution in [2.45, 2.75) is 6.42 Å². The van der Waals surface area contributed by atoms with E-state index < -0.39 is 0 Å². The van der Waals surface area contributed by atoms with Gasteiger partial charge in [0.15, 0.2) is 0 Å². The van der Waals surface area contributed by atoms with E-state index in [-0.39, 0.29) is 5.82 Å². The number of benzene rings is 2. The van der Waals surface area contributed by atoms with Gasteiger partial charge in [-0.2, -0.15) is 0 Å². The minimum atomic E-state index is -0.180. The Labute approximate surface area is 119 Å². The maximum Gasteiger partial charge on any atom is 0.123 e. The molecule has 0 radical (unpaired) electrons. The fourth-order valence-corrected chi connectivity index (χ4v) is 3.61. The van der Waals surface area contributed by atoms with Crippen molar-refractivity contribution in [1.29, 1.82) is 0 Å². The molecule has 0 unspecified atom stereocenters. The molecular weight excluding hydrogens is 269 g/mol. The SMILES string of the molecule is Fc1ccc2c(c1)cc1scc(Cc3ccccc3)n12. The average Bonchev–Trinajstić information content (AvgIpc) is 2.99. The topological polar surface area (TPSA) is 4.41 Å². The van der Waals surface area contributed by atoms with Gasteiger partial charge in [-0.1, -0.05) is 30.3 Å². The van der Waals surface area contributed by atoms with Crippen LogP contribution in [0.1, 0.15) is 11.3 Å². The number of thiazole rings is 1. The highest BCUT2D eigenvalue weighted by molar-refractivity contribution is 7.15. The molecule has 0 amide bonds. The van der Waals surface area contributed by atoms with Crippen molar-refractivity contribution in [3.63, 3.8) is 0 Å². The Balaban J connectivity index is 1.89. The van der Waals surface area contributed by atoms with Crippen LogP contribution in [0.4, 0.5) is 4.39 Å². The number of halogens is 1. The van der Waals surface area contributed by atoms with Gasteiger partial charge >= 0.3 is 0 Å². The molecule has 0 aliphatic heterocycles. The van der Waals surface area contributed by atoms with Crippen molar-refractivity contribution >= 4 is 27.1 Å². The van der Waals surface area contributed by atoms with Gasteiger partial charge in [0.05, 0.1) is 5.52 Å². The zero-order valence-corrected chi connectivity index (χ0v) is 11.5. The van der Waals surface area contributed by atoms with E-state index in [0.29, 0.717) is 0 Å². The first-order chi connectivity index (χ1) is 9.81. The maximum absolute atomic E-state index is 13.3. The van der Waals surface area contributed by atoms with E-state index in [0.717, 1.165) is 22.2 Å².